The lowest BCUT2D eigenvalue weighted by Crippen LogP contribution is -2.34. The highest BCUT2D eigenvalue weighted by molar-refractivity contribution is 5.69. The van der Waals surface area contributed by atoms with E-state index in [2.05, 4.69) is 5.32 Å². The summed E-state index contributed by atoms with van der Waals surface area (Å²) >= 11 is 0. The molecule has 5 heteroatoms. The summed E-state index contributed by atoms with van der Waals surface area (Å²) < 4.78 is 10.8. The normalized spacial score (nSPS) is 20.6. The van der Waals surface area contributed by atoms with Crippen LogP contribution in [0.3, 0.4) is 0 Å². The molecule has 88 valence electrons. The first-order valence-corrected chi connectivity index (χ1v) is 5.34. The maximum absolute atomic E-state index is 5.71. The number of hydrogen-bond donors (Lipinski definition) is 3. The second-order valence-corrected chi connectivity index (χ2v) is 3.79. The zero-order valence-electron chi connectivity index (χ0n) is 9.11. The second kappa shape index (κ2) is 5.05. The minimum absolute atomic E-state index is 0.104. The third kappa shape index (κ3) is 2.77. The van der Waals surface area contributed by atoms with Crippen LogP contribution in [0.1, 0.15) is 0 Å². The van der Waals surface area contributed by atoms with Gasteiger partial charge in [0.15, 0.2) is 0 Å². The number of nitrogens with two attached hydrogens (primary N) is 2. The van der Waals surface area contributed by atoms with Gasteiger partial charge >= 0.3 is 0 Å². The van der Waals surface area contributed by atoms with E-state index in [1.54, 1.807) is 6.07 Å². The molecule has 1 fully saturated rings. The number of ether oxygens (including phenoxy) is 2. The summed E-state index contributed by atoms with van der Waals surface area (Å²) in [6.45, 7) is 2.70. The van der Waals surface area contributed by atoms with Crippen molar-refractivity contribution in [3.63, 3.8) is 0 Å². The van der Waals surface area contributed by atoms with Crippen LogP contribution in [0, 0.1) is 0 Å². The molecule has 1 saturated heterocycles. The molecule has 0 aromatic heterocycles. The van der Waals surface area contributed by atoms with Crippen LogP contribution in [-0.2, 0) is 9.47 Å². The van der Waals surface area contributed by atoms with Crippen molar-refractivity contribution in [3.8, 4) is 0 Å². The van der Waals surface area contributed by atoms with Crippen LogP contribution in [-0.4, -0.2) is 32.5 Å². The van der Waals surface area contributed by atoms with Gasteiger partial charge in [0.05, 0.1) is 37.3 Å². The summed E-state index contributed by atoms with van der Waals surface area (Å²) in [6.07, 6.45) is 0.104. The SMILES string of the molecule is Nc1ccc(NCC2COCCO2)cc1N. The van der Waals surface area contributed by atoms with E-state index in [9.17, 15) is 0 Å². The van der Waals surface area contributed by atoms with Crippen molar-refractivity contribution in [2.24, 2.45) is 0 Å². The number of nitrogen functional groups attached to an aromatic ring is 2. The summed E-state index contributed by atoms with van der Waals surface area (Å²) in [5.74, 6) is 0. The fourth-order valence-corrected chi connectivity index (χ4v) is 1.57. The monoisotopic (exact) mass is 223 g/mol. The molecule has 1 aromatic carbocycles. The molecule has 1 unspecified atom stereocenters. The molecular formula is C11H17N3O2. The Balaban J connectivity index is 1.86. The number of anilines is 3. The Bertz CT molecular complexity index is 351. The van der Waals surface area contributed by atoms with Crippen molar-refractivity contribution in [1.82, 2.24) is 0 Å². The predicted octanol–water partition coefficient (Wildman–Crippen LogP) is 0.678. The van der Waals surface area contributed by atoms with E-state index in [1.165, 1.54) is 0 Å². The topological polar surface area (TPSA) is 82.5 Å². The van der Waals surface area contributed by atoms with Crippen LogP contribution >= 0.6 is 0 Å². The lowest BCUT2D eigenvalue weighted by molar-refractivity contribution is -0.0818. The minimum atomic E-state index is 0.104. The summed E-state index contributed by atoms with van der Waals surface area (Å²) in [7, 11) is 0. The molecule has 1 heterocycles. The molecule has 2 rings (SSSR count). The van der Waals surface area contributed by atoms with E-state index in [4.69, 9.17) is 20.9 Å². The maximum atomic E-state index is 5.71. The van der Waals surface area contributed by atoms with Crippen molar-refractivity contribution in [2.75, 3.05) is 43.1 Å². The first kappa shape index (κ1) is 11.0. The number of nitrogens with one attached hydrogen (secondary N) is 1. The minimum Gasteiger partial charge on any atom is -0.397 e. The maximum Gasteiger partial charge on any atom is 0.0981 e. The molecule has 1 aliphatic rings. The van der Waals surface area contributed by atoms with Gasteiger partial charge in [-0.05, 0) is 18.2 Å². The van der Waals surface area contributed by atoms with Gasteiger partial charge in [0.25, 0.3) is 0 Å². The Morgan fingerprint density at radius 3 is 2.81 bits per heavy atom. The number of hydrogen-bond acceptors (Lipinski definition) is 5. The van der Waals surface area contributed by atoms with Crippen LogP contribution < -0.4 is 16.8 Å². The van der Waals surface area contributed by atoms with Crippen LogP contribution in [0.25, 0.3) is 0 Å². The van der Waals surface area contributed by atoms with Crippen molar-refractivity contribution < 1.29 is 9.47 Å². The Labute approximate surface area is 94.7 Å². The Hall–Kier alpha value is -1.46. The zero-order valence-corrected chi connectivity index (χ0v) is 9.11. The van der Waals surface area contributed by atoms with Crippen LogP contribution in [0.4, 0.5) is 17.1 Å². The third-order valence-electron chi connectivity index (χ3n) is 2.51. The molecule has 1 aromatic rings. The molecule has 16 heavy (non-hydrogen) atoms. The van der Waals surface area contributed by atoms with E-state index in [0.29, 0.717) is 37.7 Å². The van der Waals surface area contributed by atoms with Gasteiger partial charge in [-0.25, -0.2) is 0 Å². The van der Waals surface area contributed by atoms with E-state index in [-0.39, 0.29) is 6.10 Å². The number of rotatable bonds is 3. The van der Waals surface area contributed by atoms with Gasteiger partial charge in [0, 0.05) is 12.2 Å². The highest BCUT2D eigenvalue weighted by atomic mass is 16.6. The summed E-state index contributed by atoms with van der Waals surface area (Å²) in [6, 6.07) is 5.50. The van der Waals surface area contributed by atoms with E-state index in [1.807, 2.05) is 12.1 Å². The average Bonchev–Trinajstić information content (AvgIpc) is 2.32. The van der Waals surface area contributed by atoms with Gasteiger partial charge in [-0.1, -0.05) is 0 Å². The highest BCUT2D eigenvalue weighted by Gasteiger charge is 2.13. The van der Waals surface area contributed by atoms with Gasteiger partial charge in [-0.15, -0.1) is 0 Å². The zero-order chi connectivity index (χ0) is 11.4. The predicted molar refractivity (Wildman–Crippen MR) is 64.3 cm³/mol. The van der Waals surface area contributed by atoms with Gasteiger partial charge < -0.3 is 26.3 Å². The van der Waals surface area contributed by atoms with Gasteiger partial charge in [0.2, 0.25) is 0 Å². The molecule has 1 aliphatic heterocycles. The molecule has 0 amide bonds. The fourth-order valence-electron chi connectivity index (χ4n) is 1.57. The lowest BCUT2D eigenvalue weighted by Gasteiger charge is -2.23. The van der Waals surface area contributed by atoms with Gasteiger partial charge in [0.1, 0.15) is 0 Å². The van der Waals surface area contributed by atoms with Crippen LogP contribution in [0.5, 0.6) is 0 Å². The van der Waals surface area contributed by atoms with Crippen LogP contribution in [0.2, 0.25) is 0 Å². The molecule has 0 spiro atoms. The summed E-state index contributed by atoms with van der Waals surface area (Å²) in [5.41, 5.74) is 13.5. The molecule has 0 aliphatic carbocycles. The second-order valence-electron chi connectivity index (χ2n) is 3.79. The molecule has 1 atom stereocenters. The third-order valence-corrected chi connectivity index (χ3v) is 2.51. The standard InChI is InChI=1S/C11H17N3O2/c12-10-2-1-8(5-11(10)13)14-6-9-7-15-3-4-16-9/h1-2,5,9,14H,3-4,6-7,12-13H2. The fraction of sp³-hybridized carbons (Fsp3) is 0.455. The molecule has 5 nitrogen and oxygen atoms in total. The summed E-state index contributed by atoms with van der Waals surface area (Å²) in [4.78, 5) is 0. The molecule has 5 N–H and O–H groups in total. The number of benzene rings is 1. The Kier molecular flexibility index (Phi) is 3.48. The van der Waals surface area contributed by atoms with Gasteiger partial charge in [-0.2, -0.15) is 0 Å². The van der Waals surface area contributed by atoms with Crippen LogP contribution in [0.15, 0.2) is 18.2 Å². The Morgan fingerprint density at radius 2 is 2.12 bits per heavy atom. The van der Waals surface area contributed by atoms with E-state index in [0.717, 1.165) is 5.69 Å². The largest absolute Gasteiger partial charge is 0.397 e. The molecule has 0 saturated carbocycles. The molecular weight excluding hydrogens is 206 g/mol. The molecule has 0 bridgehead atoms. The van der Waals surface area contributed by atoms with E-state index >= 15 is 0 Å². The quantitative estimate of drug-likeness (QED) is 0.656. The van der Waals surface area contributed by atoms with E-state index < -0.39 is 0 Å². The lowest BCUT2D eigenvalue weighted by atomic mass is 10.2. The average molecular weight is 223 g/mol. The first-order valence-electron chi connectivity index (χ1n) is 5.34. The van der Waals surface area contributed by atoms with Crippen molar-refractivity contribution >= 4 is 17.1 Å². The Morgan fingerprint density at radius 1 is 1.25 bits per heavy atom. The smallest absolute Gasteiger partial charge is 0.0981 e. The van der Waals surface area contributed by atoms with Crippen molar-refractivity contribution in [1.29, 1.82) is 0 Å². The van der Waals surface area contributed by atoms with Crippen molar-refractivity contribution in [2.45, 2.75) is 6.10 Å². The van der Waals surface area contributed by atoms with Crippen molar-refractivity contribution in [3.05, 3.63) is 18.2 Å². The van der Waals surface area contributed by atoms with Gasteiger partial charge in [-0.3, -0.25) is 0 Å². The first-order chi connectivity index (χ1) is 7.75. The highest BCUT2D eigenvalue weighted by Crippen LogP contribution is 2.19. The molecule has 0 radical (unpaired) electrons. The summed E-state index contributed by atoms with van der Waals surface area (Å²) in [5, 5.41) is 3.24.